The van der Waals surface area contributed by atoms with Crippen molar-refractivity contribution in [3.05, 3.63) is 46.8 Å². The van der Waals surface area contributed by atoms with Crippen LogP contribution in [0, 0.1) is 5.92 Å². The van der Waals surface area contributed by atoms with E-state index in [0.717, 1.165) is 28.9 Å². The van der Waals surface area contributed by atoms with E-state index in [2.05, 4.69) is 11.8 Å². The molecule has 5 nitrogen and oxygen atoms in total. The predicted molar refractivity (Wildman–Crippen MR) is 121 cm³/mol. The molecule has 0 radical (unpaired) electrons. The third-order valence-electron chi connectivity index (χ3n) is 6.16. The molecule has 1 aliphatic heterocycles. The van der Waals surface area contributed by atoms with Gasteiger partial charge in [-0.05, 0) is 88.0 Å². The minimum Gasteiger partial charge on any atom is -0.497 e. The number of rotatable bonds is 8. The first-order valence-corrected chi connectivity index (χ1v) is 11.0. The maximum Gasteiger partial charge on any atom is 0.344 e. The van der Waals surface area contributed by atoms with Crippen molar-refractivity contribution < 1.29 is 13.9 Å². The van der Waals surface area contributed by atoms with Gasteiger partial charge in [0.2, 0.25) is 0 Å². The van der Waals surface area contributed by atoms with Crippen molar-refractivity contribution in [2.45, 2.75) is 39.0 Å². The lowest BCUT2D eigenvalue weighted by Gasteiger charge is -2.30. The molecule has 0 bridgehead atoms. The van der Waals surface area contributed by atoms with Crippen LogP contribution >= 0.6 is 0 Å². The lowest BCUT2D eigenvalue weighted by molar-refractivity contribution is 0.187. The van der Waals surface area contributed by atoms with Gasteiger partial charge in [0.05, 0.1) is 19.1 Å². The number of hydrogen-bond donors (Lipinski definition) is 0. The van der Waals surface area contributed by atoms with E-state index in [9.17, 15) is 4.79 Å². The lowest BCUT2D eigenvalue weighted by atomic mass is 9.99. The van der Waals surface area contributed by atoms with Gasteiger partial charge >= 0.3 is 5.63 Å². The minimum atomic E-state index is -0.361. The summed E-state index contributed by atoms with van der Waals surface area (Å²) in [6.45, 7) is 6.73. The molecule has 0 aliphatic carbocycles. The summed E-state index contributed by atoms with van der Waals surface area (Å²) in [4.78, 5) is 15.0. The van der Waals surface area contributed by atoms with Crippen LogP contribution in [0.1, 0.15) is 39.0 Å². The van der Waals surface area contributed by atoms with Crippen molar-refractivity contribution in [2.75, 3.05) is 33.4 Å². The number of methoxy groups -OCH3 is 1. The standard InChI is InChI=1S/C25H31NO4/c1-18-10-13-26(14-11-18)12-4-3-5-15-29-20-7-9-22-21-8-6-19(28-2)16-23(21)25(27)30-24(22)17-20/h6-9,16-18H,3-5,10-15H2,1-2H3. The van der Waals surface area contributed by atoms with Crippen molar-refractivity contribution in [2.24, 2.45) is 5.92 Å². The zero-order valence-electron chi connectivity index (χ0n) is 18.0. The second kappa shape index (κ2) is 9.52. The van der Waals surface area contributed by atoms with Gasteiger partial charge in [-0.15, -0.1) is 0 Å². The average molecular weight is 410 g/mol. The fourth-order valence-electron chi connectivity index (χ4n) is 4.20. The highest BCUT2D eigenvalue weighted by atomic mass is 16.5. The number of hydrogen-bond acceptors (Lipinski definition) is 5. The third-order valence-corrected chi connectivity index (χ3v) is 6.16. The van der Waals surface area contributed by atoms with E-state index in [4.69, 9.17) is 13.9 Å². The van der Waals surface area contributed by atoms with Gasteiger partial charge in [-0.1, -0.05) is 6.92 Å². The number of unbranched alkanes of at least 4 members (excludes halogenated alkanes) is 2. The monoisotopic (exact) mass is 409 g/mol. The predicted octanol–water partition coefficient (Wildman–Crippen LogP) is 5.24. The molecule has 1 saturated heterocycles. The SMILES string of the molecule is COc1ccc2c(c1)c(=O)oc1cc(OCCCCCN3CCC(C)CC3)ccc12. The highest BCUT2D eigenvalue weighted by Gasteiger charge is 2.14. The molecule has 30 heavy (non-hydrogen) atoms. The number of fused-ring (bicyclic) bond motifs is 3. The third kappa shape index (κ3) is 4.78. The van der Waals surface area contributed by atoms with Crippen LogP contribution in [0.2, 0.25) is 0 Å². The Morgan fingerprint density at radius 3 is 2.53 bits per heavy atom. The number of nitrogens with zero attached hydrogens (tertiary/aromatic N) is 1. The number of ether oxygens (including phenoxy) is 2. The Bertz CT molecular complexity index is 1050. The zero-order valence-corrected chi connectivity index (χ0v) is 18.0. The summed E-state index contributed by atoms with van der Waals surface area (Å²) in [5, 5.41) is 2.29. The molecule has 4 rings (SSSR count). The molecule has 0 atom stereocenters. The van der Waals surface area contributed by atoms with Crippen LogP contribution in [0.4, 0.5) is 0 Å². The van der Waals surface area contributed by atoms with Crippen LogP contribution in [0.3, 0.4) is 0 Å². The van der Waals surface area contributed by atoms with Crippen LogP contribution in [-0.4, -0.2) is 38.3 Å². The number of benzene rings is 2. The number of likely N-dealkylation sites (tertiary alicyclic amines) is 1. The fraction of sp³-hybridized carbons (Fsp3) is 0.480. The quantitative estimate of drug-likeness (QED) is 0.289. The van der Waals surface area contributed by atoms with E-state index < -0.39 is 0 Å². The van der Waals surface area contributed by atoms with Gasteiger partial charge < -0.3 is 18.8 Å². The lowest BCUT2D eigenvalue weighted by Crippen LogP contribution is -2.33. The van der Waals surface area contributed by atoms with Crippen LogP contribution in [0.25, 0.3) is 21.7 Å². The summed E-state index contributed by atoms with van der Waals surface area (Å²) < 4.78 is 16.7. The summed E-state index contributed by atoms with van der Waals surface area (Å²) in [6.07, 6.45) is 6.10. The summed E-state index contributed by atoms with van der Waals surface area (Å²) in [7, 11) is 1.58. The van der Waals surface area contributed by atoms with E-state index in [1.807, 2.05) is 30.3 Å². The Balaban J connectivity index is 1.31. The van der Waals surface area contributed by atoms with Crippen LogP contribution in [0.5, 0.6) is 11.5 Å². The molecule has 1 aromatic heterocycles. The van der Waals surface area contributed by atoms with Crippen molar-refractivity contribution in [3.63, 3.8) is 0 Å². The molecule has 0 unspecified atom stereocenters. The summed E-state index contributed by atoms with van der Waals surface area (Å²) in [5.74, 6) is 2.27. The molecule has 2 aromatic carbocycles. The smallest absolute Gasteiger partial charge is 0.344 e. The Morgan fingerprint density at radius 1 is 0.967 bits per heavy atom. The maximum absolute atomic E-state index is 12.4. The zero-order chi connectivity index (χ0) is 20.9. The summed E-state index contributed by atoms with van der Waals surface area (Å²) >= 11 is 0. The van der Waals surface area contributed by atoms with Gasteiger partial charge in [0.15, 0.2) is 0 Å². The second-order valence-corrected chi connectivity index (χ2v) is 8.39. The Kier molecular flexibility index (Phi) is 6.58. The Morgan fingerprint density at radius 2 is 1.73 bits per heavy atom. The van der Waals surface area contributed by atoms with Gasteiger partial charge in [-0.25, -0.2) is 4.79 Å². The van der Waals surface area contributed by atoms with Crippen molar-refractivity contribution in [1.29, 1.82) is 0 Å². The van der Waals surface area contributed by atoms with Gasteiger partial charge in [-0.3, -0.25) is 0 Å². The first kappa shape index (κ1) is 20.7. The van der Waals surface area contributed by atoms with Gasteiger partial charge in [0.25, 0.3) is 0 Å². The minimum absolute atomic E-state index is 0.361. The van der Waals surface area contributed by atoms with Gasteiger partial charge in [0, 0.05) is 16.8 Å². The highest BCUT2D eigenvalue weighted by molar-refractivity contribution is 6.04. The van der Waals surface area contributed by atoms with Gasteiger partial charge in [0.1, 0.15) is 17.1 Å². The normalized spacial score (nSPS) is 15.7. The van der Waals surface area contributed by atoms with Crippen LogP contribution in [-0.2, 0) is 0 Å². The number of piperidine rings is 1. The van der Waals surface area contributed by atoms with E-state index >= 15 is 0 Å². The Hall–Kier alpha value is -2.53. The first-order valence-electron chi connectivity index (χ1n) is 11.0. The van der Waals surface area contributed by atoms with Crippen molar-refractivity contribution in [1.82, 2.24) is 4.90 Å². The van der Waals surface area contributed by atoms with Gasteiger partial charge in [-0.2, -0.15) is 0 Å². The topological polar surface area (TPSA) is 51.9 Å². The molecule has 0 spiro atoms. The summed E-state index contributed by atoms with van der Waals surface area (Å²) in [5.41, 5.74) is 0.190. The van der Waals surface area contributed by atoms with Crippen LogP contribution in [0.15, 0.2) is 45.6 Å². The van der Waals surface area contributed by atoms with E-state index in [1.54, 1.807) is 13.2 Å². The fourth-order valence-corrected chi connectivity index (χ4v) is 4.20. The molecule has 2 heterocycles. The van der Waals surface area contributed by atoms with E-state index in [-0.39, 0.29) is 5.63 Å². The molecular weight excluding hydrogens is 378 g/mol. The van der Waals surface area contributed by atoms with E-state index in [1.165, 1.54) is 45.3 Å². The van der Waals surface area contributed by atoms with Crippen molar-refractivity contribution in [3.8, 4) is 11.5 Å². The molecule has 5 heteroatoms. The molecule has 3 aromatic rings. The molecule has 1 fully saturated rings. The first-order chi connectivity index (χ1) is 14.6. The largest absolute Gasteiger partial charge is 0.497 e. The molecular formula is C25H31NO4. The van der Waals surface area contributed by atoms with Crippen molar-refractivity contribution >= 4 is 21.7 Å². The Labute approximate surface area is 177 Å². The molecule has 160 valence electrons. The maximum atomic E-state index is 12.4. The molecule has 0 N–H and O–H groups in total. The highest BCUT2D eigenvalue weighted by Crippen LogP contribution is 2.28. The van der Waals surface area contributed by atoms with Crippen LogP contribution < -0.4 is 15.1 Å². The molecule has 0 saturated carbocycles. The molecule has 1 aliphatic rings. The molecule has 0 amide bonds. The average Bonchev–Trinajstić information content (AvgIpc) is 2.77. The second-order valence-electron chi connectivity index (χ2n) is 8.39. The van der Waals surface area contributed by atoms with E-state index in [0.29, 0.717) is 23.3 Å². The summed E-state index contributed by atoms with van der Waals surface area (Å²) in [6, 6.07) is 11.2.